The minimum atomic E-state index is -1.38. The lowest BCUT2D eigenvalue weighted by atomic mass is 9.76. The van der Waals surface area contributed by atoms with E-state index in [0.29, 0.717) is 13.0 Å². The average Bonchev–Trinajstić information content (AvgIpc) is 2.17. The van der Waals surface area contributed by atoms with Gasteiger partial charge in [0.25, 0.3) is 0 Å². The maximum atomic E-state index is 8.93. The van der Waals surface area contributed by atoms with E-state index in [4.69, 9.17) is 14.8 Å². The van der Waals surface area contributed by atoms with Crippen molar-refractivity contribution in [2.24, 2.45) is 0 Å². The van der Waals surface area contributed by atoms with Gasteiger partial charge in [-0.05, 0) is 17.5 Å². The molecule has 1 heterocycles. The highest BCUT2D eigenvalue weighted by molar-refractivity contribution is 6.42. The molecular formula is C9H11BO3. The Kier molecular flexibility index (Phi) is 2.35. The molecule has 0 amide bonds. The molecule has 0 aliphatic carbocycles. The average molecular weight is 178 g/mol. The summed E-state index contributed by atoms with van der Waals surface area (Å²) in [6, 6.07) is 7.42. The van der Waals surface area contributed by atoms with Crippen molar-refractivity contribution >= 4 is 7.12 Å². The summed E-state index contributed by atoms with van der Waals surface area (Å²) < 4.78 is 5.27. The summed E-state index contributed by atoms with van der Waals surface area (Å²) in [5.74, 6) is 0. The SMILES string of the molecule is OB(O)C1Cc2ccccc2CO1. The van der Waals surface area contributed by atoms with Gasteiger partial charge in [-0.15, -0.1) is 0 Å². The Hall–Kier alpha value is -0.835. The van der Waals surface area contributed by atoms with E-state index in [2.05, 4.69) is 0 Å². The van der Waals surface area contributed by atoms with E-state index < -0.39 is 13.1 Å². The standard InChI is InChI=1S/C9H11BO3/c11-10(12)9-5-7-3-1-2-4-8(7)6-13-9/h1-4,9,11-12H,5-6H2. The molecule has 3 nitrogen and oxygen atoms in total. The summed E-state index contributed by atoms with van der Waals surface area (Å²) in [5.41, 5.74) is 2.28. The second-order valence-electron chi connectivity index (χ2n) is 3.24. The van der Waals surface area contributed by atoms with E-state index >= 15 is 0 Å². The number of rotatable bonds is 1. The van der Waals surface area contributed by atoms with E-state index in [1.165, 1.54) is 0 Å². The van der Waals surface area contributed by atoms with Crippen LogP contribution in [0.2, 0.25) is 0 Å². The van der Waals surface area contributed by atoms with Gasteiger partial charge in [-0.25, -0.2) is 0 Å². The van der Waals surface area contributed by atoms with Gasteiger partial charge in [0.15, 0.2) is 0 Å². The molecule has 13 heavy (non-hydrogen) atoms. The minimum Gasteiger partial charge on any atom is -0.425 e. The molecule has 0 spiro atoms. The second kappa shape index (κ2) is 3.50. The first-order chi connectivity index (χ1) is 6.27. The van der Waals surface area contributed by atoms with Crippen LogP contribution in [-0.2, 0) is 17.8 Å². The first kappa shape index (κ1) is 8.75. The second-order valence-corrected chi connectivity index (χ2v) is 3.24. The number of hydrogen-bond acceptors (Lipinski definition) is 3. The van der Waals surface area contributed by atoms with E-state index in [0.717, 1.165) is 11.1 Å². The zero-order chi connectivity index (χ0) is 9.26. The molecule has 0 radical (unpaired) electrons. The summed E-state index contributed by atoms with van der Waals surface area (Å²) in [6.45, 7) is 0.471. The third-order valence-corrected chi connectivity index (χ3v) is 2.32. The monoisotopic (exact) mass is 178 g/mol. The summed E-state index contributed by atoms with van der Waals surface area (Å²) >= 11 is 0. The first-order valence-corrected chi connectivity index (χ1v) is 4.32. The van der Waals surface area contributed by atoms with Gasteiger partial charge < -0.3 is 14.8 Å². The van der Waals surface area contributed by atoms with Gasteiger partial charge in [0, 0.05) is 0 Å². The third kappa shape index (κ3) is 1.75. The van der Waals surface area contributed by atoms with E-state index in [1.54, 1.807) is 0 Å². The van der Waals surface area contributed by atoms with Gasteiger partial charge >= 0.3 is 7.12 Å². The van der Waals surface area contributed by atoms with E-state index in [-0.39, 0.29) is 0 Å². The first-order valence-electron chi connectivity index (χ1n) is 4.32. The van der Waals surface area contributed by atoms with Crippen molar-refractivity contribution in [1.29, 1.82) is 0 Å². The van der Waals surface area contributed by atoms with Crippen LogP contribution in [0.1, 0.15) is 11.1 Å². The number of hydrogen-bond donors (Lipinski definition) is 2. The minimum absolute atomic E-state index is 0.471. The highest BCUT2D eigenvalue weighted by atomic mass is 16.5. The fourth-order valence-electron chi connectivity index (χ4n) is 1.56. The molecule has 2 rings (SSSR count). The quantitative estimate of drug-likeness (QED) is 0.601. The lowest BCUT2D eigenvalue weighted by molar-refractivity contribution is 0.0560. The Balaban J connectivity index is 2.20. The summed E-state index contributed by atoms with van der Waals surface area (Å²) in [4.78, 5) is 0. The van der Waals surface area contributed by atoms with Gasteiger partial charge in [-0.3, -0.25) is 0 Å². The molecular weight excluding hydrogens is 167 g/mol. The molecule has 1 aliphatic heterocycles. The Morgan fingerprint density at radius 3 is 2.62 bits per heavy atom. The molecule has 0 saturated heterocycles. The van der Waals surface area contributed by atoms with Crippen molar-refractivity contribution in [2.45, 2.75) is 19.0 Å². The summed E-state index contributed by atoms with van der Waals surface area (Å²) in [7, 11) is -1.38. The van der Waals surface area contributed by atoms with Gasteiger partial charge in [0.1, 0.15) is 0 Å². The number of fused-ring (bicyclic) bond motifs is 1. The Bertz CT molecular complexity index is 301. The van der Waals surface area contributed by atoms with Crippen molar-refractivity contribution in [3.63, 3.8) is 0 Å². The van der Waals surface area contributed by atoms with Crippen LogP contribution in [0.4, 0.5) is 0 Å². The van der Waals surface area contributed by atoms with Crippen molar-refractivity contribution < 1.29 is 14.8 Å². The smallest absolute Gasteiger partial charge is 0.425 e. The number of benzene rings is 1. The molecule has 1 aromatic rings. The highest BCUT2D eigenvalue weighted by Gasteiger charge is 2.28. The molecule has 0 saturated carbocycles. The molecule has 68 valence electrons. The highest BCUT2D eigenvalue weighted by Crippen LogP contribution is 2.20. The largest absolute Gasteiger partial charge is 0.482 e. The van der Waals surface area contributed by atoms with Crippen molar-refractivity contribution in [2.75, 3.05) is 0 Å². The van der Waals surface area contributed by atoms with Gasteiger partial charge in [-0.2, -0.15) is 0 Å². The Morgan fingerprint density at radius 2 is 1.92 bits per heavy atom. The predicted molar refractivity (Wildman–Crippen MR) is 48.9 cm³/mol. The summed E-state index contributed by atoms with van der Waals surface area (Å²) in [5, 5.41) is 17.9. The van der Waals surface area contributed by atoms with Crippen LogP contribution < -0.4 is 0 Å². The molecule has 4 heteroatoms. The molecule has 0 bridgehead atoms. The summed E-state index contributed by atoms with van der Waals surface area (Å²) in [6.07, 6.45) is 0.577. The van der Waals surface area contributed by atoms with Crippen LogP contribution in [0.25, 0.3) is 0 Å². The van der Waals surface area contributed by atoms with Crippen LogP contribution >= 0.6 is 0 Å². The van der Waals surface area contributed by atoms with Gasteiger partial charge in [0.2, 0.25) is 0 Å². The normalized spacial score (nSPS) is 20.9. The van der Waals surface area contributed by atoms with Crippen LogP contribution in [0.15, 0.2) is 24.3 Å². The van der Waals surface area contributed by atoms with Crippen LogP contribution in [-0.4, -0.2) is 23.2 Å². The lowest BCUT2D eigenvalue weighted by Gasteiger charge is -2.24. The molecule has 0 fully saturated rings. The number of ether oxygens (including phenoxy) is 1. The Labute approximate surface area is 77.1 Å². The predicted octanol–water partition coefficient (Wildman–Crippen LogP) is 0.140. The van der Waals surface area contributed by atoms with Crippen LogP contribution in [0.5, 0.6) is 0 Å². The molecule has 1 atom stereocenters. The lowest BCUT2D eigenvalue weighted by Crippen LogP contribution is -2.38. The molecule has 1 unspecified atom stereocenters. The van der Waals surface area contributed by atoms with E-state index in [1.807, 2.05) is 24.3 Å². The Morgan fingerprint density at radius 1 is 1.23 bits per heavy atom. The zero-order valence-corrected chi connectivity index (χ0v) is 7.18. The van der Waals surface area contributed by atoms with Gasteiger partial charge in [0.05, 0.1) is 12.6 Å². The maximum Gasteiger partial charge on any atom is 0.482 e. The zero-order valence-electron chi connectivity index (χ0n) is 7.18. The van der Waals surface area contributed by atoms with Gasteiger partial charge in [-0.1, -0.05) is 24.3 Å². The fourth-order valence-corrected chi connectivity index (χ4v) is 1.56. The van der Waals surface area contributed by atoms with Crippen molar-refractivity contribution in [3.05, 3.63) is 35.4 Å². The molecule has 2 N–H and O–H groups in total. The van der Waals surface area contributed by atoms with Crippen LogP contribution in [0.3, 0.4) is 0 Å². The topological polar surface area (TPSA) is 49.7 Å². The fraction of sp³-hybridized carbons (Fsp3) is 0.333. The molecule has 1 aromatic carbocycles. The van der Waals surface area contributed by atoms with Crippen molar-refractivity contribution in [1.82, 2.24) is 0 Å². The maximum absolute atomic E-state index is 8.93. The molecule has 0 aromatic heterocycles. The van der Waals surface area contributed by atoms with Crippen LogP contribution in [0, 0.1) is 0 Å². The molecule has 1 aliphatic rings. The van der Waals surface area contributed by atoms with Crippen molar-refractivity contribution in [3.8, 4) is 0 Å². The third-order valence-electron chi connectivity index (χ3n) is 2.32. The van der Waals surface area contributed by atoms with E-state index in [9.17, 15) is 0 Å².